The molecule has 5 fully saturated rings. The SMILES string of the molecule is CCC(C)(C)C(=O)O[C@H]1C[C@@H](C)C=C2C=C[C@H](C)[C@H](CC[C@@H]3CC(OP(=O)(O)OC4=C(OP(=O)(O)OC5CC[C@@]6(C)[C@@H](CC[C@@H]7[C@@H]6CC[C@]6(C)C([C@H](C)CC[C@@H](C)C(C)C)CC[C@@H]76)C5)C(=O)OC4C(O)CO)CC(=O)O3)[C@H]21. The van der Waals surface area contributed by atoms with Crippen molar-refractivity contribution >= 4 is 33.6 Å². The van der Waals surface area contributed by atoms with Gasteiger partial charge in [0.05, 0.1) is 30.7 Å². The van der Waals surface area contributed by atoms with Gasteiger partial charge in [0.2, 0.25) is 5.76 Å². The summed E-state index contributed by atoms with van der Waals surface area (Å²) in [4.78, 5) is 62.3. The first kappa shape index (κ1) is 60.5. The maximum Gasteiger partial charge on any atom is 0.528 e. The van der Waals surface area contributed by atoms with Crippen molar-refractivity contribution in [3.05, 3.63) is 35.3 Å². The fourth-order valence-corrected chi connectivity index (χ4v) is 18.2. The van der Waals surface area contributed by atoms with E-state index in [0.717, 1.165) is 36.7 Å². The van der Waals surface area contributed by atoms with Gasteiger partial charge in [0.25, 0.3) is 5.76 Å². The second-order valence-electron chi connectivity index (χ2n) is 26.9. The van der Waals surface area contributed by atoms with Gasteiger partial charge in [-0.1, -0.05) is 93.4 Å². The average molecular weight is 1120 g/mol. The normalized spacial score (nSPS) is 39.8. The molecular weight excluding hydrogens is 1030 g/mol. The Morgan fingerprint density at radius 2 is 1.55 bits per heavy atom. The molecule has 0 amide bonds. The summed E-state index contributed by atoms with van der Waals surface area (Å²) in [5.74, 6) is 0.950. The fraction of sp³-hybridized carbons (Fsp3) is 0.847. The Morgan fingerprint density at radius 1 is 0.857 bits per heavy atom. The molecule has 8 rings (SSSR count). The number of phosphoric acid groups is 2. The molecule has 6 aliphatic carbocycles. The Bertz CT molecular complexity index is 2350. The van der Waals surface area contributed by atoms with Crippen LogP contribution in [-0.4, -0.2) is 81.1 Å². The summed E-state index contributed by atoms with van der Waals surface area (Å²) in [5, 5.41) is 20.6. The van der Waals surface area contributed by atoms with Crippen LogP contribution in [0, 0.1) is 87.3 Å². The lowest BCUT2D eigenvalue weighted by Gasteiger charge is -2.61. The van der Waals surface area contributed by atoms with E-state index in [0.29, 0.717) is 73.5 Å². The lowest BCUT2D eigenvalue weighted by atomic mass is 9.44. The van der Waals surface area contributed by atoms with Crippen molar-refractivity contribution in [1.82, 2.24) is 0 Å². The van der Waals surface area contributed by atoms with Crippen molar-refractivity contribution in [2.24, 2.45) is 87.3 Å². The smallest absolute Gasteiger partial charge is 0.462 e. The highest BCUT2D eigenvalue weighted by molar-refractivity contribution is 7.48. The summed E-state index contributed by atoms with van der Waals surface area (Å²) in [6.45, 7) is 23.5. The van der Waals surface area contributed by atoms with Gasteiger partial charge in [0.1, 0.15) is 18.3 Å². The molecule has 1 saturated heterocycles. The van der Waals surface area contributed by atoms with Crippen LogP contribution in [0.15, 0.2) is 35.3 Å². The Morgan fingerprint density at radius 3 is 2.25 bits per heavy atom. The van der Waals surface area contributed by atoms with E-state index in [1.165, 1.54) is 38.5 Å². The number of allylic oxidation sites excluding steroid dienone is 3. The number of aliphatic hydroxyl groups excluding tert-OH is 2. The number of hydrogen-bond acceptors (Lipinski definition) is 14. The average Bonchev–Trinajstić information content (AvgIpc) is 3.94. The highest BCUT2D eigenvalue weighted by Crippen LogP contribution is 2.69. The number of fused-ring (bicyclic) bond motifs is 6. The van der Waals surface area contributed by atoms with E-state index >= 15 is 0 Å². The van der Waals surface area contributed by atoms with Crippen molar-refractivity contribution in [2.45, 2.75) is 222 Å². The lowest BCUT2D eigenvalue weighted by Crippen LogP contribution is -2.54. The number of phosphoric ester groups is 2. The molecule has 77 heavy (non-hydrogen) atoms. The van der Waals surface area contributed by atoms with E-state index in [1.54, 1.807) is 0 Å². The van der Waals surface area contributed by atoms with E-state index in [9.17, 15) is 43.5 Å². The molecule has 18 heteroatoms. The predicted octanol–water partition coefficient (Wildman–Crippen LogP) is 12.1. The molecule has 0 bridgehead atoms. The van der Waals surface area contributed by atoms with Crippen molar-refractivity contribution in [1.29, 1.82) is 0 Å². The van der Waals surface area contributed by atoms with E-state index in [4.69, 9.17) is 32.3 Å². The minimum atomic E-state index is -5.35. The summed E-state index contributed by atoms with van der Waals surface area (Å²) in [6.07, 6.45) is 13.0. The van der Waals surface area contributed by atoms with Crippen LogP contribution >= 0.6 is 15.6 Å². The summed E-state index contributed by atoms with van der Waals surface area (Å²) >= 11 is 0. The molecule has 4 saturated carbocycles. The minimum absolute atomic E-state index is 0.00492. The first-order valence-corrected chi connectivity index (χ1v) is 32.5. The molecule has 7 unspecified atom stereocenters. The van der Waals surface area contributed by atoms with Gasteiger partial charge in [0.15, 0.2) is 6.10 Å². The summed E-state index contributed by atoms with van der Waals surface area (Å²) < 4.78 is 67.2. The molecule has 21 atom stereocenters. The van der Waals surface area contributed by atoms with Crippen LogP contribution in [0.25, 0.3) is 0 Å². The zero-order valence-corrected chi connectivity index (χ0v) is 49.7. The van der Waals surface area contributed by atoms with Crippen LogP contribution in [0.3, 0.4) is 0 Å². The second-order valence-corrected chi connectivity index (χ2v) is 29.5. The van der Waals surface area contributed by atoms with Crippen molar-refractivity contribution < 1.29 is 75.8 Å². The number of esters is 3. The second kappa shape index (κ2) is 23.7. The zero-order valence-electron chi connectivity index (χ0n) is 47.9. The molecule has 0 radical (unpaired) electrons. The van der Waals surface area contributed by atoms with Gasteiger partial charge in [0, 0.05) is 12.3 Å². The van der Waals surface area contributed by atoms with Crippen LogP contribution in [0.1, 0.15) is 185 Å². The molecule has 0 aromatic rings. The summed E-state index contributed by atoms with van der Waals surface area (Å²) in [5.41, 5.74) is 0.854. The first-order valence-electron chi connectivity index (χ1n) is 29.5. The van der Waals surface area contributed by atoms with Crippen molar-refractivity contribution in [3.63, 3.8) is 0 Å². The Labute approximate surface area is 458 Å². The molecule has 16 nitrogen and oxygen atoms in total. The highest BCUT2D eigenvalue weighted by Gasteiger charge is 2.61. The molecule has 0 aromatic heterocycles. The van der Waals surface area contributed by atoms with E-state index in [1.807, 2.05) is 20.8 Å². The summed E-state index contributed by atoms with van der Waals surface area (Å²) in [7, 11) is -10.5. The zero-order chi connectivity index (χ0) is 56.2. The molecule has 2 aliphatic heterocycles. The third kappa shape index (κ3) is 13.1. The third-order valence-electron chi connectivity index (χ3n) is 21.3. The van der Waals surface area contributed by atoms with Crippen molar-refractivity contribution in [3.8, 4) is 0 Å². The molecule has 4 N–H and O–H groups in total. The molecule has 0 spiro atoms. The number of ether oxygens (including phenoxy) is 3. The van der Waals surface area contributed by atoms with E-state index in [2.05, 4.69) is 73.6 Å². The predicted molar refractivity (Wildman–Crippen MR) is 289 cm³/mol. The highest BCUT2D eigenvalue weighted by atomic mass is 31.2. The van der Waals surface area contributed by atoms with Crippen LogP contribution in [0.4, 0.5) is 0 Å². The van der Waals surface area contributed by atoms with Gasteiger partial charge < -0.3 is 33.5 Å². The molecule has 436 valence electrons. The minimum Gasteiger partial charge on any atom is -0.462 e. The topological polar surface area (TPSA) is 231 Å². The molecule has 8 aliphatic rings. The van der Waals surface area contributed by atoms with Gasteiger partial charge in [-0.3, -0.25) is 28.4 Å². The Kier molecular flexibility index (Phi) is 18.7. The first-order chi connectivity index (χ1) is 36.1. The van der Waals surface area contributed by atoms with Crippen LogP contribution in [-0.2, 0) is 55.8 Å². The number of rotatable bonds is 21. The van der Waals surface area contributed by atoms with Crippen LogP contribution in [0.2, 0.25) is 0 Å². The Hall–Kier alpha value is -2.55. The van der Waals surface area contributed by atoms with E-state index < -0.39 is 88.1 Å². The van der Waals surface area contributed by atoms with Crippen LogP contribution in [0.5, 0.6) is 0 Å². The van der Waals surface area contributed by atoms with Gasteiger partial charge in [-0.15, -0.1) is 0 Å². The fourth-order valence-electron chi connectivity index (χ4n) is 16.1. The van der Waals surface area contributed by atoms with Gasteiger partial charge in [-0.25, -0.2) is 13.9 Å². The number of cyclic esters (lactones) is 2. The maximum absolute atomic E-state index is 13.9. The number of carbonyl (C=O) groups excluding carboxylic acids is 3. The van der Waals surface area contributed by atoms with Gasteiger partial charge >= 0.3 is 33.6 Å². The maximum atomic E-state index is 13.9. The van der Waals surface area contributed by atoms with Gasteiger partial charge in [-0.2, -0.15) is 0 Å². The third-order valence-corrected chi connectivity index (χ3v) is 23.3. The van der Waals surface area contributed by atoms with Crippen molar-refractivity contribution in [2.75, 3.05) is 6.61 Å². The summed E-state index contributed by atoms with van der Waals surface area (Å²) in [6, 6.07) is 0. The quantitative estimate of drug-likeness (QED) is 0.0475. The monoisotopic (exact) mass is 1120 g/mol. The van der Waals surface area contributed by atoms with Crippen LogP contribution < -0.4 is 0 Å². The lowest BCUT2D eigenvalue weighted by molar-refractivity contribution is -0.165. The number of hydrogen-bond donors (Lipinski definition) is 4. The largest absolute Gasteiger partial charge is 0.528 e. The molecule has 2 heterocycles. The Balaban J connectivity index is 0.893. The van der Waals surface area contributed by atoms with E-state index in [-0.39, 0.29) is 53.5 Å². The van der Waals surface area contributed by atoms with Gasteiger partial charge in [-0.05, 0) is 179 Å². The molecule has 0 aromatic carbocycles. The number of aliphatic hydroxyl groups is 2. The molecular formula is C59H94O16P2. The standard InChI is InChI=1S/C59H94O16P2/c1-12-57(8,9)56(64)70-49-28-34(4)27-38-16-15-36(6)43(51(38)49)20-18-40-30-42(31-50(62)69-40)73-77(67,68)74-53-52(48(61)32-60)71-55(63)54(53)75-76(65,66)72-41-23-25-58(10)39(29-41)17-19-44-46-22-21-45(59(46,11)26-24-47(44)58)37(7)14-13-35(5)33(2)3/h15-16,27,33-37,39-49,51-52,60-61H,12-14,17-26,28-32H2,1-11H3,(H,65,66)(H,67,68)/t34-,35+,36-,37+,39-,40+,41?,42?,43-,44-,45?,46-,47-,48?,49-,51-,52?,58-,59+/m0/s1. The number of carbonyl (C=O) groups is 3.